The summed E-state index contributed by atoms with van der Waals surface area (Å²) in [7, 11) is 1.71. The first-order valence-electron chi connectivity index (χ1n) is 9.91. The molecular weight excluding hydrogens is 332 g/mol. The van der Waals surface area contributed by atoms with E-state index in [1.54, 1.807) is 7.11 Å². The lowest BCUT2D eigenvalue weighted by Crippen LogP contribution is -2.46. The minimum absolute atomic E-state index is 0.922. The summed E-state index contributed by atoms with van der Waals surface area (Å²) in [5, 5.41) is 2.76. The molecule has 3 nitrogen and oxygen atoms in total. The Balaban J connectivity index is 1.27. The fourth-order valence-corrected chi connectivity index (χ4v) is 4.03. The summed E-state index contributed by atoms with van der Waals surface area (Å²) >= 11 is 0. The van der Waals surface area contributed by atoms with Gasteiger partial charge in [-0.05, 0) is 60.0 Å². The van der Waals surface area contributed by atoms with E-state index >= 15 is 0 Å². The van der Waals surface area contributed by atoms with Crippen LogP contribution in [0.4, 0.5) is 5.69 Å². The van der Waals surface area contributed by atoms with E-state index in [-0.39, 0.29) is 0 Å². The lowest BCUT2D eigenvalue weighted by atomic mass is 10.0. The van der Waals surface area contributed by atoms with Crippen LogP contribution >= 0.6 is 0 Å². The Morgan fingerprint density at radius 1 is 0.815 bits per heavy atom. The minimum atomic E-state index is 0.922. The van der Waals surface area contributed by atoms with Crippen molar-refractivity contribution in [2.45, 2.75) is 12.8 Å². The second-order valence-corrected chi connectivity index (χ2v) is 7.27. The fraction of sp³-hybridized carbons (Fsp3) is 0.333. The van der Waals surface area contributed by atoms with Gasteiger partial charge in [-0.25, -0.2) is 0 Å². The van der Waals surface area contributed by atoms with E-state index in [0.29, 0.717) is 0 Å². The molecule has 0 bridgehead atoms. The Labute approximate surface area is 162 Å². The van der Waals surface area contributed by atoms with Crippen molar-refractivity contribution in [2.75, 3.05) is 44.7 Å². The Morgan fingerprint density at radius 2 is 1.56 bits per heavy atom. The molecule has 1 saturated heterocycles. The number of aryl methyl sites for hydroxylation is 1. The van der Waals surface area contributed by atoms with Gasteiger partial charge in [-0.1, -0.05) is 42.5 Å². The zero-order valence-corrected chi connectivity index (χ0v) is 16.1. The SMILES string of the molecule is COc1ccc(N2CCN(CCCc3cccc4ccccc34)CC2)cc1. The van der Waals surface area contributed by atoms with E-state index in [4.69, 9.17) is 4.74 Å². The third kappa shape index (κ3) is 4.25. The van der Waals surface area contributed by atoms with Crippen LogP contribution in [0.25, 0.3) is 10.8 Å². The molecule has 3 heteroatoms. The second-order valence-electron chi connectivity index (χ2n) is 7.27. The molecule has 0 aliphatic carbocycles. The van der Waals surface area contributed by atoms with E-state index in [2.05, 4.69) is 64.4 Å². The molecule has 4 rings (SSSR count). The predicted octanol–water partition coefficient (Wildman–Crippen LogP) is 4.60. The molecule has 27 heavy (non-hydrogen) atoms. The molecule has 1 aliphatic heterocycles. The summed E-state index contributed by atoms with van der Waals surface area (Å²) in [6, 6.07) is 23.8. The van der Waals surface area contributed by atoms with Crippen molar-refractivity contribution in [3.8, 4) is 5.75 Å². The standard InChI is InChI=1S/C24H28N2O/c1-27-23-13-11-22(12-14-23)26-18-16-25(17-19-26)15-5-9-21-8-4-7-20-6-2-3-10-24(20)21/h2-4,6-8,10-14H,5,9,15-19H2,1H3. The molecule has 0 atom stereocenters. The number of methoxy groups -OCH3 is 1. The molecule has 1 aliphatic rings. The third-order valence-corrected chi connectivity index (χ3v) is 5.61. The summed E-state index contributed by atoms with van der Waals surface area (Å²) in [5.41, 5.74) is 2.77. The lowest BCUT2D eigenvalue weighted by Gasteiger charge is -2.36. The first kappa shape index (κ1) is 17.9. The number of fused-ring (bicyclic) bond motifs is 1. The molecule has 0 saturated carbocycles. The Kier molecular flexibility index (Phi) is 5.59. The van der Waals surface area contributed by atoms with Crippen LogP contribution in [0.2, 0.25) is 0 Å². The smallest absolute Gasteiger partial charge is 0.119 e. The fourth-order valence-electron chi connectivity index (χ4n) is 4.03. The molecule has 0 radical (unpaired) electrons. The quantitative estimate of drug-likeness (QED) is 0.639. The molecule has 0 aromatic heterocycles. The van der Waals surface area contributed by atoms with Crippen LogP contribution in [0.3, 0.4) is 0 Å². The number of anilines is 1. The van der Waals surface area contributed by atoms with Gasteiger partial charge >= 0.3 is 0 Å². The minimum Gasteiger partial charge on any atom is -0.497 e. The van der Waals surface area contributed by atoms with E-state index in [1.165, 1.54) is 35.0 Å². The van der Waals surface area contributed by atoms with E-state index in [0.717, 1.165) is 38.3 Å². The number of hydrogen-bond donors (Lipinski definition) is 0. The molecule has 3 aromatic carbocycles. The Morgan fingerprint density at radius 3 is 2.33 bits per heavy atom. The van der Waals surface area contributed by atoms with Gasteiger partial charge in [0.25, 0.3) is 0 Å². The molecule has 0 amide bonds. The van der Waals surface area contributed by atoms with Gasteiger partial charge in [0, 0.05) is 31.9 Å². The van der Waals surface area contributed by atoms with E-state index in [1.807, 2.05) is 12.1 Å². The van der Waals surface area contributed by atoms with Crippen molar-refractivity contribution < 1.29 is 4.74 Å². The number of hydrogen-bond acceptors (Lipinski definition) is 3. The first-order valence-corrected chi connectivity index (χ1v) is 9.91. The van der Waals surface area contributed by atoms with E-state index in [9.17, 15) is 0 Å². The molecule has 0 spiro atoms. The van der Waals surface area contributed by atoms with Crippen LogP contribution < -0.4 is 9.64 Å². The maximum Gasteiger partial charge on any atom is 0.119 e. The highest BCUT2D eigenvalue weighted by atomic mass is 16.5. The summed E-state index contributed by atoms with van der Waals surface area (Å²) in [6.45, 7) is 5.66. The normalized spacial score (nSPS) is 15.2. The Hall–Kier alpha value is -2.52. The van der Waals surface area contributed by atoms with Crippen molar-refractivity contribution in [3.63, 3.8) is 0 Å². The van der Waals surface area contributed by atoms with Crippen LogP contribution in [0.5, 0.6) is 5.75 Å². The van der Waals surface area contributed by atoms with Crippen LogP contribution in [0.15, 0.2) is 66.7 Å². The summed E-state index contributed by atoms with van der Waals surface area (Å²) in [5.74, 6) is 0.922. The first-order chi connectivity index (χ1) is 13.3. The van der Waals surface area contributed by atoms with Crippen LogP contribution in [-0.4, -0.2) is 44.7 Å². The number of piperazine rings is 1. The number of ether oxygens (including phenoxy) is 1. The van der Waals surface area contributed by atoms with Gasteiger partial charge in [-0.3, -0.25) is 4.90 Å². The molecular formula is C24H28N2O. The number of benzene rings is 3. The third-order valence-electron chi connectivity index (χ3n) is 5.61. The van der Waals surface area contributed by atoms with Crippen LogP contribution in [0.1, 0.15) is 12.0 Å². The monoisotopic (exact) mass is 360 g/mol. The van der Waals surface area contributed by atoms with Gasteiger partial charge in [0.2, 0.25) is 0 Å². The number of rotatable bonds is 6. The van der Waals surface area contributed by atoms with Gasteiger partial charge < -0.3 is 9.64 Å². The zero-order chi connectivity index (χ0) is 18.5. The summed E-state index contributed by atoms with van der Waals surface area (Å²) in [6.07, 6.45) is 2.37. The van der Waals surface area contributed by atoms with Crippen LogP contribution in [-0.2, 0) is 6.42 Å². The Bertz CT molecular complexity index is 862. The van der Waals surface area contributed by atoms with Crippen molar-refractivity contribution in [2.24, 2.45) is 0 Å². The molecule has 140 valence electrons. The number of nitrogens with zero attached hydrogens (tertiary/aromatic N) is 2. The van der Waals surface area contributed by atoms with Gasteiger partial charge in [-0.2, -0.15) is 0 Å². The lowest BCUT2D eigenvalue weighted by molar-refractivity contribution is 0.255. The molecule has 0 N–H and O–H groups in total. The van der Waals surface area contributed by atoms with Crippen molar-refractivity contribution in [3.05, 3.63) is 72.3 Å². The van der Waals surface area contributed by atoms with Gasteiger partial charge in [0.1, 0.15) is 5.75 Å². The molecule has 0 unspecified atom stereocenters. The topological polar surface area (TPSA) is 15.7 Å². The highest BCUT2D eigenvalue weighted by Gasteiger charge is 2.17. The second kappa shape index (κ2) is 8.45. The van der Waals surface area contributed by atoms with Gasteiger partial charge in [0.15, 0.2) is 0 Å². The van der Waals surface area contributed by atoms with Crippen molar-refractivity contribution in [1.82, 2.24) is 4.90 Å². The van der Waals surface area contributed by atoms with Gasteiger partial charge in [-0.15, -0.1) is 0 Å². The highest BCUT2D eigenvalue weighted by molar-refractivity contribution is 5.85. The van der Waals surface area contributed by atoms with Gasteiger partial charge in [0.05, 0.1) is 7.11 Å². The zero-order valence-electron chi connectivity index (χ0n) is 16.1. The molecule has 3 aromatic rings. The maximum atomic E-state index is 5.25. The average Bonchev–Trinajstić information content (AvgIpc) is 2.74. The highest BCUT2D eigenvalue weighted by Crippen LogP contribution is 2.22. The largest absolute Gasteiger partial charge is 0.497 e. The summed E-state index contributed by atoms with van der Waals surface area (Å²) < 4.78 is 5.25. The van der Waals surface area contributed by atoms with E-state index < -0.39 is 0 Å². The molecule has 1 fully saturated rings. The molecule has 1 heterocycles. The van der Waals surface area contributed by atoms with Crippen molar-refractivity contribution in [1.29, 1.82) is 0 Å². The van der Waals surface area contributed by atoms with Crippen LogP contribution in [0, 0.1) is 0 Å². The van der Waals surface area contributed by atoms with Crippen molar-refractivity contribution >= 4 is 16.5 Å². The predicted molar refractivity (Wildman–Crippen MR) is 114 cm³/mol. The maximum absolute atomic E-state index is 5.25. The average molecular weight is 361 g/mol. The summed E-state index contributed by atoms with van der Waals surface area (Å²) in [4.78, 5) is 5.08.